The molecule has 1 amide bonds. The Balaban J connectivity index is 1.70. The van der Waals surface area contributed by atoms with Gasteiger partial charge in [0.1, 0.15) is 0 Å². The normalized spacial score (nSPS) is 10.9. The summed E-state index contributed by atoms with van der Waals surface area (Å²) in [4.78, 5) is 15.2. The number of benzene rings is 1. The summed E-state index contributed by atoms with van der Waals surface area (Å²) in [5.41, 5.74) is 0.930. The Labute approximate surface area is 144 Å². The lowest BCUT2D eigenvalue weighted by Crippen LogP contribution is -2.28. The molecule has 0 unspecified atom stereocenters. The number of carbonyl (C=O) groups excluding carboxylic acids is 1. The maximum atomic E-state index is 11.9. The summed E-state index contributed by atoms with van der Waals surface area (Å²) >= 11 is 13.5. The first kappa shape index (κ1) is 17.3. The molecule has 0 fully saturated rings. The van der Waals surface area contributed by atoms with Crippen LogP contribution in [-0.2, 0) is 17.9 Å². The van der Waals surface area contributed by atoms with E-state index in [9.17, 15) is 4.79 Å². The van der Waals surface area contributed by atoms with E-state index in [-0.39, 0.29) is 5.91 Å². The minimum absolute atomic E-state index is 0.0241. The van der Waals surface area contributed by atoms with Crippen molar-refractivity contribution in [3.8, 4) is 0 Å². The highest BCUT2D eigenvalue weighted by Crippen LogP contribution is 2.22. The van der Waals surface area contributed by atoms with Crippen molar-refractivity contribution < 1.29 is 4.79 Å². The van der Waals surface area contributed by atoms with Gasteiger partial charge in [0.15, 0.2) is 0 Å². The van der Waals surface area contributed by atoms with Crippen molar-refractivity contribution in [3.63, 3.8) is 0 Å². The van der Waals surface area contributed by atoms with Crippen LogP contribution >= 0.6 is 34.5 Å². The second kappa shape index (κ2) is 8.53. The predicted octanol–water partition coefficient (Wildman–Crippen LogP) is 4.19. The first-order valence-corrected chi connectivity index (χ1v) is 8.54. The first-order chi connectivity index (χ1) is 10.5. The third kappa shape index (κ3) is 5.61. The van der Waals surface area contributed by atoms with E-state index in [1.165, 1.54) is 4.88 Å². The standard InChI is InChI=1S/C16H18Cl2N2OS/c1-20(11-13-6-7-15(18)22-13)9-8-16(21)19-10-12-4-2-3-5-14(12)17/h2-7H,8-11H2,1H3,(H,19,21). The summed E-state index contributed by atoms with van der Waals surface area (Å²) < 4.78 is 0.792. The number of thiophene rings is 1. The third-order valence-corrected chi connectivity index (χ3v) is 4.79. The van der Waals surface area contributed by atoms with Crippen LogP contribution < -0.4 is 5.32 Å². The molecular formula is C16H18Cl2N2OS. The van der Waals surface area contributed by atoms with Crippen molar-refractivity contribution in [2.75, 3.05) is 13.6 Å². The van der Waals surface area contributed by atoms with E-state index in [4.69, 9.17) is 23.2 Å². The lowest BCUT2D eigenvalue weighted by Gasteiger charge is -2.15. The molecule has 2 aromatic rings. The number of hydrogen-bond donors (Lipinski definition) is 1. The molecular weight excluding hydrogens is 339 g/mol. The van der Waals surface area contributed by atoms with Gasteiger partial charge < -0.3 is 10.2 Å². The van der Waals surface area contributed by atoms with Gasteiger partial charge in [0, 0.05) is 36.0 Å². The Morgan fingerprint density at radius 2 is 2.00 bits per heavy atom. The largest absolute Gasteiger partial charge is 0.352 e. The molecule has 0 aliphatic carbocycles. The number of hydrogen-bond acceptors (Lipinski definition) is 3. The van der Waals surface area contributed by atoms with E-state index in [1.807, 2.05) is 43.4 Å². The van der Waals surface area contributed by atoms with Crippen molar-refractivity contribution in [1.29, 1.82) is 0 Å². The number of nitrogens with zero attached hydrogens (tertiary/aromatic N) is 1. The highest BCUT2D eigenvalue weighted by atomic mass is 35.5. The molecule has 1 aromatic heterocycles. The minimum Gasteiger partial charge on any atom is -0.352 e. The second-order valence-corrected chi connectivity index (χ2v) is 7.27. The molecule has 0 aliphatic heterocycles. The van der Waals surface area contributed by atoms with Crippen molar-refractivity contribution >= 4 is 40.4 Å². The Bertz CT molecular complexity index is 630. The van der Waals surface area contributed by atoms with Gasteiger partial charge in [-0.3, -0.25) is 4.79 Å². The Morgan fingerprint density at radius 1 is 1.23 bits per heavy atom. The van der Waals surface area contributed by atoms with E-state index in [0.29, 0.717) is 24.5 Å². The van der Waals surface area contributed by atoms with Gasteiger partial charge in [0.2, 0.25) is 5.91 Å². The van der Waals surface area contributed by atoms with Crippen LogP contribution in [-0.4, -0.2) is 24.4 Å². The second-order valence-electron chi connectivity index (χ2n) is 5.06. The fourth-order valence-corrected chi connectivity index (χ4v) is 3.37. The number of halogens is 2. The van der Waals surface area contributed by atoms with E-state index >= 15 is 0 Å². The van der Waals surface area contributed by atoms with Crippen LogP contribution in [0, 0.1) is 0 Å². The zero-order valence-corrected chi connectivity index (χ0v) is 14.6. The van der Waals surface area contributed by atoms with Crippen molar-refractivity contribution in [2.45, 2.75) is 19.5 Å². The molecule has 22 heavy (non-hydrogen) atoms. The Hall–Kier alpha value is -1.07. The van der Waals surface area contributed by atoms with Gasteiger partial charge in [-0.15, -0.1) is 11.3 Å². The molecule has 0 bridgehead atoms. The zero-order valence-electron chi connectivity index (χ0n) is 12.3. The monoisotopic (exact) mass is 356 g/mol. The van der Waals surface area contributed by atoms with Crippen LogP contribution in [0.25, 0.3) is 0 Å². The predicted molar refractivity (Wildman–Crippen MR) is 93.6 cm³/mol. The van der Waals surface area contributed by atoms with E-state index in [0.717, 1.165) is 16.4 Å². The molecule has 1 aromatic carbocycles. The molecule has 1 N–H and O–H groups in total. The van der Waals surface area contributed by atoms with Crippen LogP contribution in [0.3, 0.4) is 0 Å². The first-order valence-electron chi connectivity index (χ1n) is 6.97. The number of nitrogens with one attached hydrogen (secondary N) is 1. The van der Waals surface area contributed by atoms with Crippen LogP contribution in [0.2, 0.25) is 9.36 Å². The summed E-state index contributed by atoms with van der Waals surface area (Å²) in [7, 11) is 2.00. The number of carbonyl (C=O) groups is 1. The molecule has 0 atom stereocenters. The van der Waals surface area contributed by atoms with Gasteiger partial charge in [0.25, 0.3) is 0 Å². The summed E-state index contributed by atoms with van der Waals surface area (Å²) in [5.74, 6) is 0.0241. The van der Waals surface area contributed by atoms with E-state index in [1.54, 1.807) is 11.3 Å². The molecule has 0 radical (unpaired) electrons. The van der Waals surface area contributed by atoms with Gasteiger partial charge in [-0.1, -0.05) is 41.4 Å². The van der Waals surface area contributed by atoms with Crippen LogP contribution in [0.4, 0.5) is 0 Å². The quantitative estimate of drug-likeness (QED) is 0.806. The van der Waals surface area contributed by atoms with Gasteiger partial charge in [0.05, 0.1) is 4.34 Å². The van der Waals surface area contributed by atoms with Crippen LogP contribution in [0.5, 0.6) is 0 Å². The molecule has 3 nitrogen and oxygen atoms in total. The van der Waals surface area contributed by atoms with Gasteiger partial charge in [-0.2, -0.15) is 0 Å². The summed E-state index contributed by atoms with van der Waals surface area (Å²) in [5, 5.41) is 3.57. The Morgan fingerprint density at radius 3 is 2.68 bits per heavy atom. The fraction of sp³-hybridized carbons (Fsp3) is 0.312. The molecule has 0 saturated carbocycles. The summed E-state index contributed by atoms with van der Waals surface area (Å²) in [6.07, 6.45) is 0.458. The Kier molecular flexibility index (Phi) is 6.70. The lowest BCUT2D eigenvalue weighted by atomic mass is 10.2. The average molecular weight is 357 g/mol. The molecule has 6 heteroatoms. The highest BCUT2D eigenvalue weighted by Gasteiger charge is 2.07. The van der Waals surface area contributed by atoms with Crippen molar-refractivity contribution in [3.05, 3.63) is 56.2 Å². The molecule has 0 aliphatic rings. The van der Waals surface area contributed by atoms with Gasteiger partial charge >= 0.3 is 0 Å². The molecule has 118 valence electrons. The van der Waals surface area contributed by atoms with Crippen LogP contribution in [0.15, 0.2) is 36.4 Å². The lowest BCUT2D eigenvalue weighted by molar-refractivity contribution is -0.121. The smallest absolute Gasteiger partial charge is 0.221 e. The van der Waals surface area contributed by atoms with Crippen molar-refractivity contribution in [2.24, 2.45) is 0 Å². The highest BCUT2D eigenvalue weighted by molar-refractivity contribution is 7.16. The van der Waals surface area contributed by atoms with E-state index < -0.39 is 0 Å². The third-order valence-electron chi connectivity index (χ3n) is 3.21. The van der Waals surface area contributed by atoms with Gasteiger partial charge in [-0.05, 0) is 30.8 Å². The van der Waals surface area contributed by atoms with E-state index in [2.05, 4.69) is 10.2 Å². The molecule has 2 rings (SSSR count). The SMILES string of the molecule is CN(CCC(=O)NCc1ccccc1Cl)Cc1ccc(Cl)s1. The van der Waals surface area contributed by atoms with Crippen molar-refractivity contribution in [1.82, 2.24) is 10.2 Å². The maximum Gasteiger partial charge on any atom is 0.221 e. The molecule has 0 saturated heterocycles. The van der Waals surface area contributed by atoms with Gasteiger partial charge in [-0.25, -0.2) is 0 Å². The summed E-state index contributed by atoms with van der Waals surface area (Å²) in [6, 6.07) is 11.4. The number of rotatable bonds is 7. The molecule has 0 spiro atoms. The fourth-order valence-electron chi connectivity index (χ4n) is 2.00. The summed E-state index contributed by atoms with van der Waals surface area (Å²) in [6.45, 7) is 1.96. The molecule has 1 heterocycles. The maximum absolute atomic E-state index is 11.9. The number of amides is 1. The minimum atomic E-state index is 0.0241. The zero-order chi connectivity index (χ0) is 15.9. The van der Waals surface area contributed by atoms with Crippen LogP contribution in [0.1, 0.15) is 16.9 Å². The average Bonchev–Trinajstić information content (AvgIpc) is 2.89. The topological polar surface area (TPSA) is 32.3 Å².